The van der Waals surface area contributed by atoms with Gasteiger partial charge in [0.25, 0.3) is 0 Å². The fraction of sp³-hybridized carbons (Fsp3) is 0.529. The maximum Gasteiger partial charge on any atom is 0.232 e. The number of hydrogen-bond donors (Lipinski definition) is 1. The number of ether oxygens (including phenoxy) is 2. The van der Waals surface area contributed by atoms with E-state index in [2.05, 4.69) is 5.32 Å². The molecule has 0 radical (unpaired) electrons. The van der Waals surface area contributed by atoms with E-state index >= 15 is 0 Å². The maximum atomic E-state index is 12.2. The smallest absolute Gasteiger partial charge is 0.232 e. The molecule has 2 aliphatic heterocycles. The van der Waals surface area contributed by atoms with Crippen molar-refractivity contribution in [2.24, 2.45) is 0 Å². The van der Waals surface area contributed by atoms with E-state index in [0.717, 1.165) is 5.56 Å². The Morgan fingerprint density at radius 3 is 2.39 bits per heavy atom. The first kappa shape index (κ1) is 16.0. The van der Waals surface area contributed by atoms with Crippen LogP contribution in [0.5, 0.6) is 0 Å². The Kier molecular flexibility index (Phi) is 4.93. The molecule has 0 unspecified atom stereocenters. The lowest BCUT2D eigenvalue weighted by Gasteiger charge is -2.37. The number of hydrogen-bond acceptors (Lipinski definition) is 4. The highest BCUT2D eigenvalue weighted by Gasteiger charge is 2.40. The molecule has 6 nitrogen and oxygen atoms in total. The van der Waals surface area contributed by atoms with Gasteiger partial charge in [0.2, 0.25) is 11.8 Å². The minimum absolute atomic E-state index is 0.110. The minimum Gasteiger partial charge on any atom is -0.352 e. The molecule has 1 aromatic carbocycles. The van der Waals surface area contributed by atoms with Gasteiger partial charge in [-0.05, 0) is 5.56 Å². The number of rotatable bonds is 4. The molecule has 0 aliphatic carbocycles. The maximum absolute atomic E-state index is 12.2. The van der Waals surface area contributed by atoms with Crippen LogP contribution in [0.25, 0.3) is 0 Å². The molecule has 0 atom stereocenters. The Balaban J connectivity index is 1.41. The molecule has 3 rings (SSSR count). The molecule has 124 valence electrons. The van der Waals surface area contributed by atoms with Crippen molar-refractivity contribution in [2.45, 2.75) is 31.6 Å². The SMILES string of the molecule is O=C(CC(=O)N1CCC2(CC1)OCCO2)NCc1ccccc1. The zero-order valence-corrected chi connectivity index (χ0v) is 13.1. The van der Waals surface area contributed by atoms with Crippen LogP contribution in [0.4, 0.5) is 0 Å². The molecule has 6 heteroatoms. The van der Waals surface area contributed by atoms with Crippen molar-refractivity contribution in [1.29, 1.82) is 0 Å². The summed E-state index contributed by atoms with van der Waals surface area (Å²) in [6.45, 7) is 2.83. The van der Waals surface area contributed by atoms with Crippen LogP contribution in [-0.2, 0) is 25.6 Å². The summed E-state index contributed by atoms with van der Waals surface area (Å²) < 4.78 is 11.3. The molecule has 2 fully saturated rings. The summed E-state index contributed by atoms with van der Waals surface area (Å²) in [5.41, 5.74) is 1.02. The van der Waals surface area contributed by atoms with Gasteiger partial charge in [-0.25, -0.2) is 0 Å². The molecule has 1 aromatic rings. The van der Waals surface area contributed by atoms with Crippen LogP contribution in [0.15, 0.2) is 30.3 Å². The van der Waals surface area contributed by atoms with Crippen molar-refractivity contribution >= 4 is 11.8 Å². The van der Waals surface area contributed by atoms with Gasteiger partial charge in [0.15, 0.2) is 5.79 Å². The fourth-order valence-corrected chi connectivity index (χ4v) is 2.99. The topological polar surface area (TPSA) is 67.9 Å². The molecule has 0 saturated carbocycles. The highest BCUT2D eigenvalue weighted by molar-refractivity contribution is 5.96. The molecule has 23 heavy (non-hydrogen) atoms. The molecule has 1 N–H and O–H groups in total. The van der Waals surface area contributed by atoms with E-state index in [1.165, 1.54) is 0 Å². The quantitative estimate of drug-likeness (QED) is 0.843. The van der Waals surface area contributed by atoms with E-state index in [9.17, 15) is 9.59 Å². The number of nitrogens with zero attached hydrogens (tertiary/aromatic N) is 1. The average molecular weight is 318 g/mol. The zero-order valence-electron chi connectivity index (χ0n) is 13.1. The zero-order chi connectivity index (χ0) is 16.1. The van der Waals surface area contributed by atoms with Gasteiger partial charge in [-0.15, -0.1) is 0 Å². The van der Waals surface area contributed by atoms with E-state index < -0.39 is 5.79 Å². The molecule has 1 spiro atoms. The summed E-state index contributed by atoms with van der Waals surface area (Å²) in [4.78, 5) is 25.8. The van der Waals surface area contributed by atoms with Crippen LogP contribution >= 0.6 is 0 Å². The lowest BCUT2D eigenvalue weighted by atomic mass is 10.0. The number of benzene rings is 1. The van der Waals surface area contributed by atoms with Crippen molar-refractivity contribution in [3.05, 3.63) is 35.9 Å². The van der Waals surface area contributed by atoms with Gasteiger partial charge >= 0.3 is 0 Å². The van der Waals surface area contributed by atoms with E-state index in [1.54, 1.807) is 4.90 Å². The average Bonchev–Trinajstić information content (AvgIpc) is 3.02. The second-order valence-electron chi connectivity index (χ2n) is 5.93. The molecule has 0 aromatic heterocycles. The van der Waals surface area contributed by atoms with Gasteiger partial charge in [0.1, 0.15) is 6.42 Å². The van der Waals surface area contributed by atoms with Crippen molar-refractivity contribution in [3.8, 4) is 0 Å². The molecule has 2 aliphatic rings. The number of nitrogens with one attached hydrogen (secondary N) is 1. The Morgan fingerprint density at radius 1 is 1.09 bits per heavy atom. The summed E-state index contributed by atoms with van der Waals surface area (Å²) >= 11 is 0. The number of carbonyl (C=O) groups is 2. The van der Waals surface area contributed by atoms with E-state index in [-0.39, 0.29) is 18.2 Å². The predicted octanol–water partition coefficient (Wildman–Crippen LogP) is 1.06. The molecule has 2 heterocycles. The minimum atomic E-state index is -0.494. The Bertz CT molecular complexity index is 545. The Hall–Kier alpha value is -1.92. The normalized spacial score (nSPS) is 19.7. The molecule has 0 bridgehead atoms. The van der Waals surface area contributed by atoms with Crippen LogP contribution in [-0.4, -0.2) is 48.8 Å². The number of likely N-dealkylation sites (tertiary alicyclic amines) is 1. The second kappa shape index (κ2) is 7.10. The van der Waals surface area contributed by atoms with E-state index in [1.807, 2.05) is 30.3 Å². The molecular formula is C17H22N2O4. The Labute approximate surface area is 135 Å². The van der Waals surface area contributed by atoms with Crippen molar-refractivity contribution in [2.75, 3.05) is 26.3 Å². The largest absolute Gasteiger partial charge is 0.352 e. The summed E-state index contributed by atoms with van der Waals surface area (Å²) in [7, 11) is 0. The van der Waals surface area contributed by atoms with Crippen molar-refractivity contribution in [1.82, 2.24) is 10.2 Å². The van der Waals surface area contributed by atoms with Crippen molar-refractivity contribution in [3.63, 3.8) is 0 Å². The third-order valence-corrected chi connectivity index (χ3v) is 4.34. The summed E-state index contributed by atoms with van der Waals surface area (Å²) in [5.74, 6) is -0.872. The van der Waals surface area contributed by atoms with Gasteiger partial charge in [-0.3, -0.25) is 9.59 Å². The van der Waals surface area contributed by atoms with Gasteiger partial charge < -0.3 is 19.7 Å². The van der Waals surface area contributed by atoms with Gasteiger partial charge in [0, 0.05) is 32.5 Å². The van der Waals surface area contributed by atoms with Gasteiger partial charge in [-0.1, -0.05) is 30.3 Å². The van der Waals surface area contributed by atoms with Gasteiger partial charge in [-0.2, -0.15) is 0 Å². The second-order valence-corrected chi connectivity index (χ2v) is 5.93. The first-order chi connectivity index (χ1) is 11.2. The van der Waals surface area contributed by atoms with Crippen LogP contribution in [0.2, 0.25) is 0 Å². The molecule has 2 amide bonds. The monoisotopic (exact) mass is 318 g/mol. The van der Waals surface area contributed by atoms with E-state index in [0.29, 0.717) is 45.7 Å². The van der Waals surface area contributed by atoms with Gasteiger partial charge in [0.05, 0.1) is 13.2 Å². The number of piperidine rings is 1. The van der Waals surface area contributed by atoms with Crippen LogP contribution < -0.4 is 5.32 Å². The number of amides is 2. The Morgan fingerprint density at radius 2 is 1.74 bits per heavy atom. The summed E-state index contributed by atoms with van der Waals surface area (Å²) in [5, 5.41) is 2.78. The van der Waals surface area contributed by atoms with Crippen LogP contribution in [0.3, 0.4) is 0 Å². The number of carbonyl (C=O) groups excluding carboxylic acids is 2. The van der Waals surface area contributed by atoms with Crippen LogP contribution in [0, 0.1) is 0 Å². The van der Waals surface area contributed by atoms with E-state index in [4.69, 9.17) is 9.47 Å². The predicted molar refractivity (Wildman–Crippen MR) is 83.4 cm³/mol. The third kappa shape index (κ3) is 4.09. The first-order valence-corrected chi connectivity index (χ1v) is 8.03. The molecule has 2 saturated heterocycles. The fourth-order valence-electron chi connectivity index (χ4n) is 2.99. The first-order valence-electron chi connectivity index (χ1n) is 8.03. The lowest BCUT2D eigenvalue weighted by molar-refractivity contribution is -0.187. The van der Waals surface area contributed by atoms with Crippen molar-refractivity contribution < 1.29 is 19.1 Å². The highest BCUT2D eigenvalue weighted by Crippen LogP contribution is 2.31. The van der Waals surface area contributed by atoms with Crippen LogP contribution in [0.1, 0.15) is 24.8 Å². The molecular weight excluding hydrogens is 296 g/mol. The highest BCUT2D eigenvalue weighted by atomic mass is 16.7. The summed E-state index contributed by atoms with van der Waals surface area (Å²) in [6.07, 6.45) is 1.23. The summed E-state index contributed by atoms with van der Waals surface area (Å²) in [6, 6.07) is 9.64. The third-order valence-electron chi connectivity index (χ3n) is 4.34. The standard InChI is InChI=1S/C17H22N2O4/c20-15(18-13-14-4-2-1-3-5-14)12-16(21)19-8-6-17(7-9-19)22-10-11-23-17/h1-5H,6-13H2,(H,18,20). The lowest BCUT2D eigenvalue weighted by Crippen LogP contribution is -2.48.